The number of hydrogen-bond donors (Lipinski definition) is 1. The Hall–Kier alpha value is -0.780. The molecule has 0 aliphatic carbocycles. The minimum Gasteiger partial charge on any atom is -0.309 e. The van der Waals surface area contributed by atoms with E-state index in [0.29, 0.717) is 6.04 Å². The number of nitrogens with one attached hydrogen (secondary N) is 1. The van der Waals surface area contributed by atoms with Gasteiger partial charge in [-0.1, -0.05) is 6.92 Å². The van der Waals surface area contributed by atoms with Crippen LogP contribution in [0.5, 0.6) is 0 Å². The van der Waals surface area contributed by atoms with Crippen LogP contribution < -0.4 is 5.32 Å². The molecule has 0 fully saturated rings. The molecular formula is C13H19N3S2. The zero-order valence-electron chi connectivity index (χ0n) is 11.1. The summed E-state index contributed by atoms with van der Waals surface area (Å²) in [5, 5.41) is 4.78. The van der Waals surface area contributed by atoms with Crippen molar-refractivity contribution in [2.45, 2.75) is 39.7 Å². The lowest BCUT2D eigenvalue weighted by atomic mass is 10.1. The lowest BCUT2D eigenvalue weighted by molar-refractivity contribution is 0.536. The number of thiazole rings is 2. The third-order valence-corrected chi connectivity index (χ3v) is 4.77. The van der Waals surface area contributed by atoms with Gasteiger partial charge in [-0.15, -0.1) is 22.7 Å². The van der Waals surface area contributed by atoms with Gasteiger partial charge in [0.2, 0.25) is 0 Å². The van der Waals surface area contributed by atoms with Crippen molar-refractivity contribution < 1.29 is 0 Å². The van der Waals surface area contributed by atoms with Crippen LogP contribution in [0.15, 0.2) is 11.7 Å². The Morgan fingerprint density at radius 1 is 1.39 bits per heavy atom. The van der Waals surface area contributed by atoms with Crippen LogP contribution in [-0.4, -0.2) is 16.5 Å². The lowest BCUT2D eigenvalue weighted by Crippen LogP contribution is -2.23. The molecule has 0 aromatic carbocycles. The van der Waals surface area contributed by atoms with E-state index in [2.05, 4.69) is 36.1 Å². The van der Waals surface area contributed by atoms with E-state index in [1.807, 2.05) is 11.7 Å². The van der Waals surface area contributed by atoms with Crippen LogP contribution in [0.2, 0.25) is 0 Å². The molecule has 18 heavy (non-hydrogen) atoms. The van der Waals surface area contributed by atoms with Crippen LogP contribution in [0.4, 0.5) is 0 Å². The molecular weight excluding hydrogens is 262 g/mol. The SMILES string of the molecule is CCCNC(Cc1cncs1)c1sc(C)nc1C. The molecule has 5 heteroatoms. The molecule has 0 saturated heterocycles. The summed E-state index contributed by atoms with van der Waals surface area (Å²) in [4.78, 5) is 11.4. The van der Waals surface area contributed by atoms with Gasteiger partial charge in [-0.25, -0.2) is 4.98 Å². The smallest absolute Gasteiger partial charge is 0.0900 e. The minimum absolute atomic E-state index is 0.372. The van der Waals surface area contributed by atoms with Gasteiger partial charge in [0.25, 0.3) is 0 Å². The number of rotatable bonds is 6. The predicted octanol–water partition coefficient (Wildman–Crippen LogP) is 3.50. The van der Waals surface area contributed by atoms with Crippen molar-refractivity contribution in [3.8, 4) is 0 Å². The topological polar surface area (TPSA) is 37.8 Å². The average Bonchev–Trinajstić information content (AvgIpc) is 2.94. The minimum atomic E-state index is 0.372. The first-order valence-corrected chi connectivity index (χ1v) is 7.95. The molecule has 3 nitrogen and oxygen atoms in total. The Morgan fingerprint density at radius 3 is 2.78 bits per heavy atom. The summed E-state index contributed by atoms with van der Waals surface area (Å²) in [7, 11) is 0. The Morgan fingerprint density at radius 2 is 2.22 bits per heavy atom. The molecule has 0 bridgehead atoms. The molecule has 98 valence electrons. The zero-order chi connectivity index (χ0) is 13.0. The third kappa shape index (κ3) is 3.37. The van der Waals surface area contributed by atoms with Gasteiger partial charge in [0.1, 0.15) is 0 Å². The van der Waals surface area contributed by atoms with Gasteiger partial charge < -0.3 is 5.32 Å². The zero-order valence-corrected chi connectivity index (χ0v) is 12.7. The first kappa shape index (κ1) is 13.6. The van der Waals surface area contributed by atoms with Crippen molar-refractivity contribution in [3.63, 3.8) is 0 Å². The number of nitrogens with zero attached hydrogens (tertiary/aromatic N) is 2. The first-order chi connectivity index (χ1) is 8.70. The summed E-state index contributed by atoms with van der Waals surface area (Å²) < 4.78 is 0. The predicted molar refractivity (Wildman–Crippen MR) is 78.4 cm³/mol. The van der Waals surface area contributed by atoms with E-state index < -0.39 is 0 Å². The van der Waals surface area contributed by atoms with Gasteiger partial charge in [0, 0.05) is 28.4 Å². The van der Waals surface area contributed by atoms with E-state index >= 15 is 0 Å². The number of hydrogen-bond acceptors (Lipinski definition) is 5. The second kappa shape index (κ2) is 6.41. The summed E-state index contributed by atoms with van der Waals surface area (Å²) in [6.07, 6.45) is 4.12. The van der Waals surface area contributed by atoms with Crippen LogP contribution in [0.1, 0.15) is 39.8 Å². The van der Waals surface area contributed by atoms with Crippen molar-refractivity contribution in [2.75, 3.05) is 6.54 Å². The van der Waals surface area contributed by atoms with E-state index in [4.69, 9.17) is 0 Å². The maximum absolute atomic E-state index is 4.54. The molecule has 0 aliphatic heterocycles. The van der Waals surface area contributed by atoms with Gasteiger partial charge in [-0.2, -0.15) is 0 Å². The molecule has 1 unspecified atom stereocenters. The van der Waals surface area contributed by atoms with Crippen molar-refractivity contribution in [3.05, 3.63) is 32.2 Å². The first-order valence-electron chi connectivity index (χ1n) is 6.25. The van der Waals surface area contributed by atoms with Crippen molar-refractivity contribution in [1.82, 2.24) is 15.3 Å². The molecule has 2 heterocycles. The second-order valence-electron chi connectivity index (χ2n) is 4.36. The fraction of sp³-hybridized carbons (Fsp3) is 0.538. The van der Waals surface area contributed by atoms with Gasteiger partial charge >= 0.3 is 0 Å². The Bertz CT molecular complexity index is 476. The molecule has 2 aromatic heterocycles. The van der Waals surface area contributed by atoms with E-state index in [1.54, 1.807) is 22.7 Å². The molecule has 0 spiro atoms. The van der Waals surface area contributed by atoms with Crippen molar-refractivity contribution in [1.29, 1.82) is 0 Å². The highest BCUT2D eigenvalue weighted by Crippen LogP contribution is 2.28. The lowest BCUT2D eigenvalue weighted by Gasteiger charge is -2.16. The van der Waals surface area contributed by atoms with Crippen LogP contribution >= 0.6 is 22.7 Å². The third-order valence-electron chi connectivity index (χ3n) is 2.79. The quantitative estimate of drug-likeness (QED) is 0.880. The summed E-state index contributed by atoms with van der Waals surface area (Å²) >= 11 is 3.53. The van der Waals surface area contributed by atoms with Crippen LogP contribution in [0.25, 0.3) is 0 Å². The van der Waals surface area contributed by atoms with Crippen LogP contribution in [-0.2, 0) is 6.42 Å². The van der Waals surface area contributed by atoms with Crippen molar-refractivity contribution >= 4 is 22.7 Å². The fourth-order valence-electron chi connectivity index (χ4n) is 1.99. The highest BCUT2D eigenvalue weighted by molar-refractivity contribution is 7.11. The molecule has 2 aromatic rings. The highest BCUT2D eigenvalue weighted by atomic mass is 32.1. The van der Waals surface area contributed by atoms with E-state index in [0.717, 1.165) is 30.1 Å². The normalized spacial score (nSPS) is 12.8. The number of aryl methyl sites for hydroxylation is 2. The second-order valence-corrected chi connectivity index (χ2v) is 6.57. The van der Waals surface area contributed by atoms with Gasteiger partial charge in [0.15, 0.2) is 0 Å². The van der Waals surface area contributed by atoms with E-state index in [1.165, 1.54) is 9.75 Å². The Balaban J connectivity index is 2.16. The largest absolute Gasteiger partial charge is 0.309 e. The standard InChI is InChI=1S/C13H19N3S2/c1-4-5-15-12(6-11-7-14-8-17-11)13-9(2)16-10(3)18-13/h7-8,12,15H,4-6H2,1-3H3. The monoisotopic (exact) mass is 281 g/mol. The molecule has 1 atom stereocenters. The molecule has 1 N–H and O–H groups in total. The Labute approximate surface area is 116 Å². The highest BCUT2D eigenvalue weighted by Gasteiger charge is 2.18. The fourth-order valence-corrected chi connectivity index (χ4v) is 3.64. The number of aromatic nitrogens is 2. The van der Waals surface area contributed by atoms with Gasteiger partial charge in [-0.05, 0) is 26.8 Å². The summed E-state index contributed by atoms with van der Waals surface area (Å²) in [6, 6.07) is 0.372. The molecule has 0 radical (unpaired) electrons. The summed E-state index contributed by atoms with van der Waals surface area (Å²) in [5.74, 6) is 0. The Kier molecular flexibility index (Phi) is 4.86. The van der Waals surface area contributed by atoms with Crippen molar-refractivity contribution in [2.24, 2.45) is 0 Å². The molecule has 0 amide bonds. The van der Waals surface area contributed by atoms with Gasteiger partial charge in [-0.3, -0.25) is 4.98 Å². The maximum Gasteiger partial charge on any atom is 0.0900 e. The molecule has 0 saturated carbocycles. The van der Waals surface area contributed by atoms with E-state index in [9.17, 15) is 0 Å². The molecule has 2 rings (SSSR count). The average molecular weight is 281 g/mol. The van der Waals surface area contributed by atoms with Crippen LogP contribution in [0.3, 0.4) is 0 Å². The molecule has 0 aliphatic rings. The van der Waals surface area contributed by atoms with E-state index in [-0.39, 0.29) is 0 Å². The summed E-state index contributed by atoms with van der Waals surface area (Å²) in [6.45, 7) is 7.41. The van der Waals surface area contributed by atoms with Gasteiger partial charge in [0.05, 0.1) is 16.2 Å². The summed E-state index contributed by atoms with van der Waals surface area (Å²) in [5.41, 5.74) is 3.06. The van der Waals surface area contributed by atoms with Crippen LogP contribution in [0, 0.1) is 13.8 Å². The maximum atomic E-state index is 4.54.